The monoisotopic (exact) mass is 264 g/mol. The molecule has 0 aliphatic carbocycles. The summed E-state index contributed by atoms with van der Waals surface area (Å²) in [5.74, 6) is 0.989. The first-order valence-corrected chi connectivity index (χ1v) is 7.89. The lowest BCUT2D eigenvalue weighted by Gasteiger charge is -2.10. The van der Waals surface area contributed by atoms with Gasteiger partial charge in [0.1, 0.15) is 5.75 Å². The average Bonchev–Trinajstić information content (AvgIpc) is 2.41. The number of para-hydroxylation sites is 1. The third-order valence-corrected chi connectivity index (χ3v) is 3.66. The highest BCUT2D eigenvalue weighted by Gasteiger charge is 2.04. The van der Waals surface area contributed by atoms with Crippen molar-refractivity contribution in [1.82, 2.24) is 0 Å². The van der Waals surface area contributed by atoms with Crippen LogP contribution < -0.4 is 9.92 Å². The van der Waals surface area contributed by atoms with E-state index in [1.807, 2.05) is 18.2 Å². The number of benzene rings is 1. The van der Waals surface area contributed by atoms with Crippen molar-refractivity contribution in [2.45, 2.75) is 46.0 Å². The minimum atomic E-state index is 0.400. The van der Waals surface area contributed by atoms with Crippen molar-refractivity contribution in [2.24, 2.45) is 0 Å². The van der Waals surface area contributed by atoms with E-state index in [-0.39, 0.29) is 0 Å². The molecule has 2 nitrogen and oxygen atoms in total. The van der Waals surface area contributed by atoms with Crippen molar-refractivity contribution in [3.8, 4) is 5.75 Å². The Balaban J connectivity index is 2.36. The molecule has 0 bridgehead atoms. The molecular formula is C15H24O2Si. The molecule has 0 aromatic heterocycles. The summed E-state index contributed by atoms with van der Waals surface area (Å²) in [4.78, 5) is 0. The molecule has 0 amide bonds. The van der Waals surface area contributed by atoms with Crippen LogP contribution in [0.5, 0.6) is 5.75 Å². The number of rotatable bonds is 10. The third-order valence-electron chi connectivity index (χ3n) is 2.67. The molecule has 0 aliphatic heterocycles. The van der Waals surface area contributed by atoms with Gasteiger partial charge in [0.2, 0.25) is 0 Å². The van der Waals surface area contributed by atoms with Crippen LogP contribution in [0.1, 0.15) is 46.0 Å². The fourth-order valence-electron chi connectivity index (χ4n) is 1.56. The van der Waals surface area contributed by atoms with E-state index in [0.29, 0.717) is 9.76 Å². The predicted molar refractivity (Wildman–Crippen MR) is 77.7 cm³/mol. The molecule has 0 saturated heterocycles. The fraction of sp³-hybridized carbons (Fsp3) is 0.600. The molecule has 100 valence electrons. The summed E-state index contributed by atoms with van der Waals surface area (Å²) >= 11 is 0. The molecular weight excluding hydrogens is 240 g/mol. The van der Waals surface area contributed by atoms with Gasteiger partial charge in [0.15, 0.2) is 0 Å². The molecule has 0 fully saturated rings. The Morgan fingerprint density at radius 2 is 1.72 bits per heavy atom. The van der Waals surface area contributed by atoms with Crippen molar-refractivity contribution < 1.29 is 9.16 Å². The van der Waals surface area contributed by atoms with E-state index in [2.05, 4.69) is 19.9 Å². The molecule has 3 heteroatoms. The molecule has 1 aromatic carbocycles. The van der Waals surface area contributed by atoms with Crippen LogP contribution in [-0.2, 0) is 4.43 Å². The van der Waals surface area contributed by atoms with Gasteiger partial charge in [0, 0.05) is 11.8 Å². The van der Waals surface area contributed by atoms with Crippen LogP contribution in [-0.4, -0.2) is 23.0 Å². The highest BCUT2D eigenvalue weighted by atomic mass is 28.2. The second-order valence-electron chi connectivity index (χ2n) is 4.36. The molecule has 0 saturated carbocycles. The largest absolute Gasteiger partial charge is 0.494 e. The van der Waals surface area contributed by atoms with Crippen LogP contribution in [0, 0.1) is 0 Å². The fourth-order valence-corrected chi connectivity index (χ4v) is 2.38. The summed E-state index contributed by atoms with van der Waals surface area (Å²) in [6, 6.07) is 8.20. The molecule has 0 N–H and O–H groups in total. The van der Waals surface area contributed by atoms with E-state index >= 15 is 0 Å². The normalized spacial score (nSPS) is 10.6. The van der Waals surface area contributed by atoms with Crippen molar-refractivity contribution in [3.05, 3.63) is 24.3 Å². The summed E-state index contributed by atoms with van der Waals surface area (Å²) in [5.41, 5.74) is 0. The van der Waals surface area contributed by atoms with Gasteiger partial charge in [-0.25, -0.2) is 0 Å². The van der Waals surface area contributed by atoms with Gasteiger partial charge in [-0.1, -0.05) is 51.3 Å². The summed E-state index contributed by atoms with van der Waals surface area (Å²) in [6.07, 6.45) is 5.90. The highest BCUT2D eigenvalue weighted by Crippen LogP contribution is 2.07. The Morgan fingerprint density at radius 3 is 2.50 bits per heavy atom. The Hall–Kier alpha value is -0.803. The average molecular weight is 264 g/mol. The number of unbranched alkanes of at least 4 members (excludes halogenated alkanes) is 3. The second-order valence-corrected chi connectivity index (χ2v) is 5.39. The van der Waals surface area contributed by atoms with E-state index in [1.165, 1.54) is 24.4 Å². The summed E-state index contributed by atoms with van der Waals surface area (Å²) < 4.78 is 11.5. The van der Waals surface area contributed by atoms with Gasteiger partial charge < -0.3 is 9.16 Å². The van der Waals surface area contributed by atoms with Gasteiger partial charge in [-0.15, -0.1) is 0 Å². The highest BCUT2D eigenvalue weighted by molar-refractivity contribution is 6.48. The van der Waals surface area contributed by atoms with Crippen molar-refractivity contribution in [3.63, 3.8) is 0 Å². The SMILES string of the molecule is CCCCCOc1ccccc1[Si]OCCCC. The maximum absolute atomic E-state index is 5.82. The minimum absolute atomic E-state index is 0.400. The number of ether oxygens (including phenoxy) is 1. The molecule has 1 rings (SSSR count). The summed E-state index contributed by atoms with van der Waals surface area (Å²) in [5, 5.41) is 1.19. The lowest BCUT2D eigenvalue weighted by molar-refractivity contribution is 0.305. The van der Waals surface area contributed by atoms with Crippen LogP contribution in [0.2, 0.25) is 0 Å². The first-order chi connectivity index (χ1) is 8.88. The first-order valence-electron chi connectivity index (χ1n) is 6.98. The Labute approximate surface area is 114 Å². The molecule has 2 radical (unpaired) electrons. The van der Waals surface area contributed by atoms with Crippen LogP contribution in [0.4, 0.5) is 0 Å². The number of hydrogen-bond acceptors (Lipinski definition) is 2. The van der Waals surface area contributed by atoms with Gasteiger partial charge in [0.25, 0.3) is 9.76 Å². The van der Waals surface area contributed by atoms with Gasteiger partial charge >= 0.3 is 0 Å². The number of hydrogen-bond donors (Lipinski definition) is 0. The van der Waals surface area contributed by atoms with Crippen LogP contribution in [0.3, 0.4) is 0 Å². The zero-order valence-corrected chi connectivity index (χ0v) is 12.6. The predicted octanol–water partition coefficient (Wildman–Crippen LogP) is 3.32. The zero-order valence-electron chi connectivity index (χ0n) is 11.6. The summed E-state index contributed by atoms with van der Waals surface area (Å²) in [7, 11) is 0.400. The zero-order chi connectivity index (χ0) is 13.1. The minimum Gasteiger partial charge on any atom is -0.494 e. The quantitative estimate of drug-likeness (QED) is 0.477. The Kier molecular flexibility index (Phi) is 8.60. The van der Waals surface area contributed by atoms with Crippen LogP contribution in [0.25, 0.3) is 0 Å². The Bertz CT molecular complexity index is 284. The molecule has 0 unspecified atom stereocenters. The van der Waals surface area contributed by atoms with E-state index in [9.17, 15) is 0 Å². The van der Waals surface area contributed by atoms with E-state index in [4.69, 9.17) is 9.16 Å². The lowest BCUT2D eigenvalue weighted by Crippen LogP contribution is -2.21. The van der Waals surface area contributed by atoms with Crippen LogP contribution in [0.15, 0.2) is 24.3 Å². The lowest BCUT2D eigenvalue weighted by atomic mass is 10.3. The van der Waals surface area contributed by atoms with Gasteiger partial charge in [-0.2, -0.15) is 0 Å². The third kappa shape index (κ3) is 6.22. The molecule has 0 spiro atoms. The smallest absolute Gasteiger partial charge is 0.272 e. The van der Waals surface area contributed by atoms with Crippen molar-refractivity contribution in [2.75, 3.05) is 13.2 Å². The first kappa shape index (κ1) is 15.3. The molecule has 0 aliphatic rings. The van der Waals surface area contributed by atoms with E-state index in [1.54, 1.807) is 0 Å². The molecule has 0 heterocycles. The van der Waals surface area contributed by atoms with E-state index in [0.717, 1.165) is 31.8 Å². The van der Waals surface area contributed by atoms with Crippen molar-refractivity contribution >= 4 is 14.9 Å². The van der Waals surface area contributed by atoms with Gasteiger partial charge in [-0.3, -0.25) is 0 Å². The maximum atomic E-state index is 5.82. The molecule has 18 heavy (non-hydrogen) atoms. The summed E-state index contributed by atoms with van der Waals surface area (Å²) in [6.45, 7) is 6.04. The maximum Gasteiger partial charge on any atom is 0.272 e. The van der Waals surface area contributed by atoms with Crippen molar-refractivity contribution in [1.29, 1.82) is 0 Å². The Morgan fingerprint density at radius 1 is 0.944 bits per heavy atom. The van der Waals surface area contributed by atoms with Crippen LogP contribution >= 0.6 is 0 Å². The topological polar surface area (TPSA) is 18.5 Å². The standard InChI is InChI=1S/C15H24O2Si/c1-3-5-9-12-16-14-10-7-8-11-15(14)18-17-13-6-4-2/h7-8,10-11H,3-6,9,12-13H2,1-2H3. The van der Waals surface area contributed by atoms with Gasteiger partial charge in [0.05, 0.1) is 6.61 Å². The molecule has 0 atom stereocenters. The van der Waals surface area contributed by atoms with E-state index < -0.39 is 0 Å². The molecule has 1 aromatic rings. The van der Waals surface area contributed by atoms with Gasteiger partial charge in [-0.05, 0) is 18.9 Å². The second kappa shape index (κ2) is 10.2.